The zero-order chi connectivity index (χ0) is 13.4. The average Bonchev–Trinajstić information content (AvgIpc) is 2.75. The third kappa shape index (κ3) is 3.02. The van der Waals surface area contributed by atoms with Crippen LogP contribution >= 0.6 is 12.4 Å². The summed E-state index contributed by atoms with van der Waals surface area (Å²) in [5.74, 6) is 2.59. The molecule has 0 saturated heterocycles. The van der Waals surface area contributed by atoms with E-state index < -0.39 is 0 Å². The molecule has 2 bridgehead atoms. The topological polar surface area (TPSA) is 23.5 Å². The quantitative estimate of drug-likeness (QED) is 0.916. The molecule has 0 heterocycles. The van der Waals surface area contributed by atoms with Crippen molar-refractivity contribution in [2.24, 2.45) is 17.8 Å². The Morgan fingerprint density at radius 2 is 2.05 bits per heavy atom. The van der Waals surface area contributed by atoms with Gasteiger partial charge in [0, 0.05) is 6.54 Å². The van der Waals surface area contributed by atoms with Gasteiger partial charge in [-0.05, 0) is 74.4 Å². The van der Waals surface area contributed by atoms with Crippen molar-refractivity contribution in [1.29, 1.82) is 0 Å². The lowest BCUT2D eigenvalue weighted by Gasteiger charge is -2.32. The summed E-state index contributed by atoms with van der Waals surface area (Å²) in [6, 6.07) is 7.76. The molecule has 1 aromatic carbocycles. The van der Waals surface area contributed by atoms with Crippen LogP contribution in [0.1, 0.15) is 24.8 Å². The smallest absolute Gasteiger partial charge is 0.116 e. The van der Waals surface area contributed by atoms with Gasteiger partial charge in [-0.2, -0.15) is 0 Å². The number of hydrogen-bond donors (Lipinski definition) is 1. The first-order chi connectivity index (χ1) is 9.13. The summed E-state index contributed by atoms with van der Waals surface area (Å²) in [5.41, 5.74) is 2.67. The highest BCUT2D eigenvalue weighted by molar-refractivity contribution is 5.85. The molecule has 3 atom stereocenters. The average molecular weight is 294 g/mol. The summed E-state index contributed by atoms with van der Waals surface area (Å²) in [5, 5.41) is 9.72. The number of halogens is 1. The molecule has 3 unspecified atom stereocenters. The molecular formula is C17H24ClNO. The second kappa shape index (κ2) is 6.19. The fourth-order valence-corrected chi connectivity index (χ4v) is 3.84. The van der Waals surface area contributed by atoms with Crippen molar-refractivity contribution in [2.45, 2.75) is 19.3 Å². The van der Waals surface area contributed by atoms with E-state index in [4.69, 9.17) is 0 Å². The number of benzene rings is 1. The molecule has 1 N–H and O–H groups in total. The SMILES string of the molecule is CN(C)CC1C(c2cccc(O)c2)=CC2CCC1C2.Cl. The molecule has 3 rings (SSSR count). The molecule has 2 aliphatic rings. The number of rotatable bonds is 3. The van der Waals surface area contributed by atoms with Gasteiger partial charge in [0.25, 0.3) is 0 Å². The molecule has 1 aromatic rings. The van der Waals surface area contributed by atoms with Crippen molar-refractivity contribution >= 4 is 18.0 Å². The fourth-order valence-electron chi connectivity index (χ4n) is 3.84. The van der Waals surface area contributed by atoms with Gasteiger partial charge in [-0.3, -0.25) is 0 Å². The number of phenols is 1. The first-order valence-corrected chi connectivity index (χ1v) is 7.29. The Morgan fingerprint density at radius 1 is 1.25 bits per heavy atom. The Kier molecular flexibility index (Phi) is 4.77. The molecule has 110 valence electrons. The van der Waals surface area contributed by atoms with E-state index in [9.17, 15) is 5.11 Å². The number of hydrogen-bond acceptors (Lipinski definition) is 2. The lowest BCUT2D eigenvalue weighted by molar-refractivity contribution is 0.289. The third-order valence-electron chi connectivity index (χ3n) is 4.64. The van der Waals surface area contributed by atoms with E-state index >= 15 is 0 Å². The van der Waals surface area contributed by atoms with Crippen LogP contribution in [0.3, 0.4) is 0 Å². The first kappa shape index (κ1) is 15.4. The summed E-state index contributed by atoms with van der Waals surface area (Å²) < 4.78 is 0. The van der Waals surface area contributed by atoms with E-state index in [1.807, 2.05) is 12.1 Å². The van der Waals surface area contributed by atoms with E-state index in [2.05, 4.69) is 31.1 Å². The fraction of sp³-hybridized carbons (Fsp3) is 0.529. The highest BCUT2D eigenvalue weighted by atomic mass is 35.5. The number of fused-ring (bicyclic) bond motifs is 2. The molecule has 2 nitrogen and oxygen atoms in total. The maximum atomic E-state index is 9.72. The molecule has 20 heavy (non-hydrogen) atoms. The highest BCUT2D eigenvalue weighted by Gasteiger charge is 2.37. The van der Waals surface area contributed by atoms with E-state index in [1.54, 1.807) is 6.07 Å². The van der Waals surface area contributed by atoms with Gasteiger partial charge < -0.3 is 10.0 Å². The lowest BCUT2D eigenvalue weighted by atomic mass is 9.76. The first-order valence-electron chi connectivity index (χ1n) is 7.29. The Balaban J connectivity index is 0.00000147. The Morgan fingerprint density at radius 3 is 2.75 bits per heavy atom. The van der Waals surface area contributed by atoms with Gasteiger partial charge in [-0.1, -0.05) is 18.2 Å². The van der Waals surface area contributed by atoms with Crippen molar-refractivity contribution in [2.75, 3.05) is 20.6 Å². The number of nitrogens with zero attached hydrogens (tertiary/aromatic N) is 1. The van der Waals surface area contributed by atoms with Crippen LogP contribution in [0.2, 0.25) is 0 Å². The minimum absolute atomic E-state index is 0. The molecule has 0 spiro atoms. The van der Waals surface area contributed by atoms with Gasteiger partial charge in [0.05, 0.1) is 0 Å². The molecule has 1 fully saturated rings. The summed E-state index contributed by atoms with van der Waals surface area (Å²) >= 11 is 0. The maximum absolute atomic E-state index is 9.72. The van der Waals surface area contributed by atoms with Gasteiger partial charge in [-0.15, -0.1) is 12.4 Å². The summed E-state index contributed by atoms with van der Waals surface area (Å²) in [7, 11) is 4.31. The van der Waals surface area contributed by atoms with Crippen LogP contribution in [0.4, 0.5) is 0 Å². The summed E-state index contributed by atoms with van der Waals surface area (Å²) in [4.78, 5) is 2.29. The van der Waals surface area contributed by atoms with Gasteiger partial charge in [0.2, 0.25) is 0 Å². The largest absolute Gasteiger partial charge is 0.508 e. The van der Waals surface area contributed by atoms with Crippen LogP contribution < -0.4 is 0 Å². The zero-order valence-electron chi connectivity index (χ0n) is 12.2. The Bertz CT molecular complexity index is 498. The lowest BCUT2D eigenvalue weighted by Crippen LogP contribution is -2.29. The second-order valence-electron chi connectivity index (χ2n) is 6.37. The van der Waals surface area contributed by atoms with Gasteiger partial charge in [-0.25, -0.2) is 0 Å². The molecular weight excluding hydrogens is 270 g/mol. The van der Waals surface area contributed by atoms with Crippen molar-refractivity contribution in [3.63, 3.8) is 0 Å². The molecule has 3 heteroatoms. The van der Waals surface area contributed by atoms with Crippen LogP contribution in [0.5, 0.6) is 5.75 Å². The monoisotopic (exact) mass is 293 g/mol. The Labute approximate surface area is 127 Å². The highest BCUT2D eigenvalue weighted by Crippen LogP contribution is 2.48. The number of allylic oxidation sites excluding steroid dienone is 1. The predicted octanol–water partition coefficient (Wildman–Crippen LogP) is 3.81. The van der Waals surface area contributed by atoms with Crippen molar-refractivity contribution < 1.29 is 5.11 Å². The van der Waals surface area contributed by atoms with Gasteiger partial charge >= 0.3 is 0 Å². The Hall–Kier alpha value is -0.990. The number of aromatic hydroxyl groups is 1. The van der Waals surface area contributed by atoms with Crippen molar-refractivity contribution in [3.8, 4) is 5.75 Å². The standard InChI is InChI=1S/C17H23NO.ClH/c1-18(2)11-17-14-7-6-12(8-14)9-16(17)13-4-3-5-15(19)10-13;/h3-5,9-10,12,14,17,19H,6-8,11H2,1-2H3;1H. The molecule has 0 radical (unpaired) electrons. The predicted molar refractivity (Wildman–Crippen MR) is 86.2 cm³/mol. The number of phenolic OH excluding ortho intramolecular Hbond substituents is 1. The molecule has 2 aliphatic carbocycles. The van der Waals surface area contributed by atoms with E-state index in [-0.39, 0.29) is 12.4 Å². The van der Waals surface area contributed by atoms with Crippen LogP contribution in [0, 0.1) is 17.8 Å². The van der Waals surface area contributed by atoms with Crippen LogP contribution in [0.25, 0.3) is 5.57 Å². The van der Waals surface area contributed by atoms with E-state index in [1.165, 1.54) is 30.4 Å². The third-order valence-corrected chi connectivity index (χ3v) is 4.64. The van der Waals surface area contributed by atoms with Gasteiger partial charge in [0.1, 0.15) is 5.75 Å². The minimum atomic E-state index is 0. The van der Waals surface area contributed by atoms with Gasteiger partial charge in [0.15, 0.2) is 0 Å². The molecule has 0 aromatic heterocycles. The summed E-state index contributed by atoms with van der Waals surface area (Å²) in [6.45, 7) is 1.11. The van der Waals surface area contributed by atoms with Crippen LogP contribution in [-0.4, -0.2) is 30.6 Å². The zero-order valence-corrected chi connectivity index (χ0v) is 13.1. The van der Waals surface area contributed by atoms with Crippen LogP contribution in [0.15, 0.2) is 30.3 Å². The molecule has 0 amide bonds. The van der Waals surface area contributed by atoms with Crippen molar-refractivity contribution in [1.82, 2.24) is 4.90 Å². The van der Waals surface area contributed by atoms with Crippen LogP contribution in [-0.2, 0) is 0 Å². The second-order valence-corrected chi connectivity index (χ2v) is 6.37. The minimum Gasteiger partial charge on any atom is -0.508 e. The molecule has 0 aliphatic heterocycles. The van der Waals surface area contributed by atoms with E-state index in [0.29, 0.717) is 11.7 Å². The van der Waals surface area contributed by atoms with E-state index in [0.717, 1.165) is 18.4 Å². The molecule has 1 saturated carbocycles. The normalized spacial score (nSPS) is 28.1. The maximum Gasteiger partial charge on any atom is 0.116 e. The van der Waals surface area contributed by atoms with Crippen molar-refractivity contribution in [3.05, 3.63) is 35.9 Å². The summed E-state index contributed by atoms with van der Waals surface area (Å²) in [6.07, 6.45) is 6.55.